The molecular weight excluding hydrogens is 194 g/mol. The van der Waals surface area contributed by atoms with Gasteiger partial charge >= 0.3 is 5.97 Å². The zero-order valence-electron chi connectivity index (χ0n) is 8.82. The van der Waals surface area contributed by atoms with E-state index in [1.807, 2.05) is 12.1 Å². The second-order valence-corrected chi connectivity index (χ2v) is 3.18. The number of rotatable bonds is 5. The minimum absolute atomic E-state index is 0.447. The minimum atomic E-state index is -0.847. The molecule has 1 atom stereocenters. The first-order valence-electron chi connectivity index (χ1n) is 4.70. The van der Waals surface area contributed by atoms with Crippen molar-refractivity contribution < 1.29 is 9.90 Å². The van der Waals surface area contributed by atoms with Crippen LogP contribution < -0.4 is 10.6 Å². The summed E-state index contributed by atoms with van der Waals surface area (Å²) in [6.45, 7) is 0. The summed E-state index contributed by atoms with van der Waals surface area (Å²) in [6, 6.07) is 3.10. The molecule has 1 rings (SSSR count). The van der Waals surface area contributed by atoms with Crippen molar-refractivity contribution in [3.8, 4) is 0 Å². The summed E-state index contributed by atoms with van der Waals surface area (Å²) in [6.07, 6.45) is 2.11. The fourth-order valence-electron chi connectivity index (χ4n) is 1.29. The van der Waals surface area contributed by atoms with Crippen LogP contribution in [0.5, 0.6) is 0 Å². The number of nitrogens with zero attached hydrogens (tertiary/aromatic N) is 1. The molecule has 0 fully saturated rings. The fraction of sp³-hybridized carbons (Fsp3) is 0.400. The van der Waals surface area contributed by atoms with Crippen LogP contribution in [0.2, 0.25) is 0 Å². The first kappa shape index (κ1) is 11.5. The van der Waals surface area contributed by atoms with Gasteiger partial charge in [0.05, 0.1) is 0 Å². The summed E-state index contributed by atoms with van der Waals surface area (Å²) in [5.41, 5.74) is 0.941. The Balaban J connectivity index is 2.74. The number of likely N-dealkylation sites (N-methyl/N-ethyl adjacent to an activating group) is 1. The summed E-state index contributed by atoms with van der Waals surface area (Å²) < 4.78 is 0. The Morgan fingerprint density at radius 2 is 2.33 bits per heavy atom. The number of anilines is 1. The highest BCUT2D eigenvalue weighted by Crippen LogP contribution is 2.08. The van der Waals surface area contributed by atoms with E-state index < -0.39 is 12.0 Å². The lowest BCUT2D eigenvalue weighted by atomic mass is 10.1. The maximum absolute atomic E-state index is 10.8. The number of pyridine rings is 1. The highest BCUT2D eigenvalue weighted by molar-refractivity contribution is 5.73. The summed E-state index contributed by atoms with van der Waals surface area (Å²) >= 11 is 0. The maximum atomic E-state index is 10.8. The van der Waals surface area contributed by atoms with Gasteiger partial charge in [-0.3, -0.25) is 4.79 Å². The molecule has 3 N–H and O–H groups in total. The van der Waals surface area contributed by atoms with Gasteiger partial charge in [0.25, 0.3) is 0 Å². The first-order chi connectivity index (χ1) is 7.17. The number of aromatic nitrogens is 1. The molecule has 1 unspecified atom stereocenters. The molecule has 0 aromatic carbocycles. The van der Waals surface area contributed by atoms with E-state index in [9.17, 15) is 4.79 Å². The molecule has 0 spiro atoms. The molecule has 0 aliphatic heterocycles. The molecule has 5 nitrogen and oxygen atoms in total. The number of carboxylic acid groups (broad SMARTS) is 1. The lowest BCUT2D eigenvalue weighted by molar-refractivity contribution is -0.139. The van der Waals surface area contributed by atoms with Crippen molar-refractivity contribution in [3.05, 3.63) is 23.9 Å². The molecule has 1 heterocycles. The highest BCUT2D eigenvalue weighted by Gasteiger charge is 2.15. The Hall–Kier alpha value is -1.62. The van der Waals surface area contributed by atoms with Gasteiger partial charge in [0, 0.05) is 13.2 Å². The average molecular weight is 209 g/mol. The molecule has 0 bridgehead atoms. The van der Waals surface area contributed by atoms with Crippen molar-refractivity contribution in [2.24, 2.45) is 0 Å². The lowest BCUT2D eigenvalue weighted by Crippen LogP contribution is -2.35. The second kappa shape index (κ2) is 5.31. The van der Waals surface area contributed by atoms with Crippen LogP contribution in [-0.4, -0.2) is 36.2 Å². The van der Waals surface area contributed by atoms with E-state index in [2.05, 4.69) is 15.6 Å². The van der Waals surface area contributed by atoms with Gasteiger partial charge in [-0.1, -0.05) is 0 Å². The van der Waals surface area contributed by atoms with Gasteiger partial charge in [-0.2, -0.15) is 0 Å². The molecule has 0 aliphatic carbocycles. The predicted octanol–water partition coefficient (Wildman–Crippen LogP) is 0.338. The van der Waals surface area contributed by atoms with Crippen LogP contribution in [0, 0.1) is 0 Å². The minimum Gasteiger partial charge on any atom is -0.480 e. The van der Waals surface area contributed by atoms with Crippen molar-refractivity contribution in [2.45, 2.75) is 12.5 Å². The standard InChI is InChI=1S/C10H15N3O2/c1-11-8(10(14)15)5-7-3-4-13-9(6-7)12-2/h3-4,6,8,11H,5H2,1-2H3,(H,12,13)(H,14,15). The number of carboxylic acids is 1. The third-order valence-corrected chi connectivity index (χ3v) is 2.17. The van der Waals surface area contributed by atoms with Gasteiger partial charge in [0.15, 0.2) is 0 Å². The monoisotopic (exact) mass is 209 g/mol. The Kier molecular flexibility index (Phi) is 4.05. The van der Waals surface area contributed by atoms with E-state index in [1.54, 1.807) is 20.3 Å². The quantitative estimate of drug-likeness (QED) is 0.652. The summed E-state index contributed by atoms with van der Waals surface area (Å²) in [7, 11) is 3.41. The first-order valence-corrected chi connectivity index (χ1v) is 4.70. The number of hydrogen-bond donors (Lipinski definition) is 3. The van der Waals surface area contributed by atoms with Gasteiger partial charge in [-0.25, -0.2) is 4.98 Å². The van der Waals surface area contributed by atoms with E-state index in [0.29, 0.717) is 6.42 Å². The molecular formula is C10H15N3O2. The van der Waals surface area contributed by atoms with Gasteiger partial charge in [-0.15, -0.1) is 0 Å². The Labute approximate surface area is 88.5 Å². The predicted molar refractivity (Wildman–Crippen MR) is 58.0 cm³/mol. The maximum Gasteiger partial charge on any atom is 0.321 e. The Bertz CT molecular complexity index is 341. The van der Waals surface area contributed by atoms with Crippen molar-refractivity contribution >= 4 is 11.8 Å². The van der Waals surface area contributed by atoms with Gasteiger partial charge in [-0.05, 0) is 31.2 Å². The molecule has 0 aliphatic rings. The van der Waals surface area contributed by atoms with Crippen molar-refractivity contribution in [1.29, 1.82) is 0 Å². The Morgan fingerprint density at radius 1 is 1.60 bits per heavy atom. The fourth-order valence-corrected chi connectivity index (χ4v) is 1.29. The smallest absolute Gasteiger partial charge is 0.321 e. The van der Waals surface area contributed by atoms with E-state index >= 15 is 0 Å². The third-order valence-electron chi connectivity index (χ3n) is 2.17. The van der Waals surface area contributed by atoms with E-state index in [1.165, 1.54) is 0 Å². The molecule has 15 heavy (non-hydrogen) atoms. The van der Waals surface area contributed by atoms with E-state index in [4.69, 9.17) is 5.11 Å². The molecule has 82 valence electrons. The molecule has 1 aromatic rings. The van der Waals surface area contributed by atoms with Crippen LogP contribution in [0.15, 0.2) is 18.3 Å². The normalized spacial score (nSPS) is 12.1. The second-order valence-electron chi connectivity index (χ2n) is 3.18. The van der Waals surface area contributed by atoms with Crippen LogP contribution in [0.3, 0.4) is 0 Å². The molecule has 0 radical (unpaired) electrons. The number of aliphatic carboxylic acids is 1. The van der Waals surface area contributed by atoms with Gasteiger partial charge < -0.3 is 15.7 Å². The zero-order chi connectivity index (χ0) is 11.3. The summed E-state index contributed by atoms with van der Waals surface area (Å²) in [5.74, 6) is -0.104. The SMILES string of the molecule is CNc1cc(CC(NC)C(=O)O)ccn1. The van der Waals surface area contributed by atoms with Crippen LogP contribution in [-0.2, 0) is 11.2 Å². The zero-order valence-corrected chi connectivity index (χ0v) is 8.82. The topological polar surface area (TPSA) is 74.2 Å². The van der Waals surface area contributed by atoms with Crippen LogP contribution in [0.1, 0.15) is 5.56 Å². The van der Waals surface area contributed by atoms with Crippen molar-refractivity contribution in [1.82, 2.24) is 10.3 Å². The van der Waals surface area contributed by atoms with Crippen molar-refractivity contribution in [2.75, 3.05) is 19.4 Å². The Morgan fingerprint density at radius 3 is 2.87 bits per heavy atom. The van der Waals surface area contributed by atoms with Crippen LogP contribution in [0.25, 0.3) is 0 Å². The molecule has 5 heteroatoms. The largest absolute Gasteiger partial charge is 0.480 e. The average Bonchev–Trinajstić information content (AvgIpc) is 2.25. The number of hydrogen-bond acceptors (Lipinski definition) is 4. The lowest BCUT2D eigenvalue weighted by Gasteiger charge is -2.11. The van der Waals surface area contributed by atoms with E-state index in [0.717, 1.165) is 11.4 Å². The number of nitrogens with one attached hydrogen (secondary N) is 2. The van der Waals surface area contributed by atoms with Crippen molar-refractivity contribution in [3.63, 3.8) is 0 Å². The van der Waals surface area contributed by atoms with E-state index in [-0.39, 0.29) is 0 Å². The summed E-state index contributed by atoms with van der Waals surface area (Å²) in [4.78, 5) is 14.9. The molecule has 1 aromatic heterocycles. The molecule has 0 saturated carbocycles. The third kappa shape index (κ3) is 3.21. The van der Waals surface area contributed by atoms with Crippen LogP contribution >= 0.6 is 0 Å². The summed E-state index contributed by atoms with van der Waals surface area (Å²) in [5, 5.41) is 14.5. The molecule has 0 amide bonds. The van der Waals surface area contributed by atoms with Gasteiger partial charge in [0.2, 0.25) is 0 Å². The van der Waals surface area contributed by atoms with Gasteiger partial charge in [0.1, 0.15) is 11.9 Å². The number of carbonyl (C=O) groups is 1. The highest BCUT2D eigenvalue weighted by atomic mass is 16.4. The van der Waals surface area contributed by atoms with Crippen LogP contribution in [0.4, 0.5) is 5.82 Å². The molecule has 0 saturated heterocycles.